The van der Waals surface area contributed by atoms with E-state index in [0.717, 1.165) is 11.5 Å². The van der Waals surface area contributed by atoms with Gasteiger partial charge in [-0.05, 0) is 18.1 Å². The molecule has 0 bridgehead atoms. The number of nitrogens with zero attached hydrogens (tertiary/aromatic N) is 3. The maximum absolute atomic E-state index is 12.5. The van der Waals surface area contributed by atoms with Gasteiger partial charge in [-0.3, -0.25) is 0 Å². The molecule has 98 valence electrons. The van der Waals surface area contributed by atoms with E-state index in [2.05, 4.69) is 19.9 Å². The minimum Gasteiger partial charge on any atom is -0.304 e. The van der Waals surface area contributed by atoms with Crippen LogP contribution >= 0.6 is 22.9 Å². The third-order valence-electron chi connectivity index (χ3n) is 2.13. The van der Waals surface area contributed by atoms with Gasteiger partial charge in [-0.1, -0.05) is 11.4 Å². The zero-order valence-electron chi connectivity index (χ0n) is 9.23. The van der Waals surface area contributed by atoms with Crippen molar-refractivity contribution < 1.29 is 13.2 Å². The molecular weight excluding hydrogens is 285 g/mol. The molecule has 0 aliphatic rings. The summed E-state index contributed by atoms with van der Waals surface area (Å²) < 4.78 is 41.2. The maximum Gasteiger partial charge on any atom is 0.443 e. The largest absolute Gasteiger partial charge is 0.443 e. The van der Waals surface area contributed by atoms with Crippen LogP contribution in [0, 0.1) is 0 Å². The Bertz CT molecular complexity index is 494. The number of alkyl halides is 3. The molecule has 2 rings (SSSR count). The normalized spacial score (nSPS) is 13.8. The first-order valence-electron chi connectivity index (χ1n) is 5.05. The Balaban J connectivity index is 2.29. The van der Waals surface area contributed by atoms with Crippen LogP contribution in [0.2, 0.25) is 0 Å². The summed E-state index contributed by atoms with van der Waals surface area (Å²) in [6.07, 6.45) is -3.17. The van der Waals surface area contributed by atoms with Crippen molar-refractivity contribution in [3.05, 3.63) is 27.2 Å². The predicted octanol–water partition coefficient (Wildman–Crippen LogP) is 2.71. The van der Waals surface area contributed by atoms with Crippen molar-refractivity contribution in [2.45, 2.75) is 19.1 Å². The quantitative estimate of drug-likeness (QED) is 0.942. The fraction of sp³-hybridized carbons (Fsp3) is 0.444. The van der Waals surface area contributed by atoms with Crippen molar-refractivity contribution in [2.75, 3.05) is 6.54 Å². The zero-order valence-corrected chi connectivity index (χ0v) is 10.9. The first kappa shape index (κ1) is 13.4. The Morgan fingerprint density at radius 1 is 1.44 bits per heavy atom. The van der Waals surface area contributed by atoms with Crippen molar-refractivity contribution in [2.24, 2.45) is 0 Å². The molecule has 0 radical (unpaired) electrons. The van der Waals surface area contributed by atoms with E-state index < -0.39 is 11.2 Å². The van der Waals surface area contributed by atoms with Gasteiger partial charge < -0.3 is 5.32 Å². The first-order chi connectivity index (χ1) is 8.52. The van der Waals surface area contributed by atoms with Crippen molar-refractivity contribution in [3.8, 4) is 0 Å². The molecule has 1 unspecified atom stereocenters. The molecule has 0 spiro atoms. The summed E-state index contributed by atoms with van der Waals surface area (Å²) >= 11 is 1.79. The molecule has 2 aromatic heterocycles. The lowest BCUT2D eigenvalue weighted by molar-refractivity contribution is -0.137. The lowest BCUT2D eigenvalue weighted by atomic mass is 10.2. The highest BCUT2D eigenvalue weighted by molar-refractivity contribution is 7.11. The van der Waals surface area contributed by atoms with E-state index >= 15 is 0 Å². The third-order valence-corrected chi connectivity index (χ3v) is 3.76. The van der Waals surface area contributed by atoms with Gasteiger partial charge in [0.15, 0.2) is 5.01 Å². The fourth-order valence-corrected chi connectivity index (χ4v) is 2.76. The number of halogens is 3. The van der Waals surface area contributed by atoms with Gasteiger partial charge in [-0.15, -0.1) is 16.4 Å². The van der Waals surface area contributed by atoms with E-state index in [1.54, 1.807) is 5.38 Å². The standard InChI is InChI=1S/C9H9F3N4S2/c1-2-13-7(5-4-17-16-15-5)6-3-14-8(18-6)9(10,11)12/h3-4,7,13H,2H2,1H3. The van der Waals surface area contributed by atoms with Crippen LogP contribution in [0.25, 0.3) is 0 Å². The topological polar surface area (TPSA) is 50.7 Å². The van der Waals surface area contributed by atoms with Gasteiger partial charge in [-0.2, -0.15) is 13.2 Å². The SMILES string of the molecule is CCNC(c1csnn1)c1cnc(C(F)(F)F)s1. The molecule has 0 saturated heterocycles. The summed E-state index contributed by atoms with van der Waals surface area (Å²) in [5.41, 5.74) is 0.610. The second kappa shape index (κ2) is 5.29. The molecule has 1 atom stereocenters. The Kier molecular flexibility index (Phi) is 3.93. The second-order valence-corrected chi connectivity index (χ2v) is 5.06. The molecule has 0 fully saturated rings. The van der Waals surface area contributed by atoms with Crippen molar-refractivity contribution in [1.29, 1.82) is 0 Å². The summed E-state index contributed by atoms with van der Waals surface area (Å²) in [4.78, 5) is 3.89. The van der Waals surface area contributed by atoms with E-state index in [4.69, 9.17) is 0 Å². The summed E-state index contributed by atoms with van der Waals surface area (Å²) in [5, 5.41) is 7.82. The summed E-state index contributed by atoms with van der Waals surface area (Å²) in [6.45, 7) is 2.49. The summed E-state index contributed by atoms with van der Waals surface area (Å²) in [5.74, 6) is 0. The van der Waals surface area contributed by atoms with Gasteiger partial charge in [0.25, 0.3) is 0 Å². The molecular formula is C9H9F3N4S2. The van der Waals surface area contributed by atoms with Crippen LogP contribution in [-0.4, -0.2) is 21.1 Å². The van der Waals surface area contributed by atoms with Crippen LogP contribution in [0.4, 0.5) is 13.2 Å². The third kappa shape index (κ3) is 2.85. The van der Waals surface area contributed by atoms with Crippen molar-refractivity contribution in [3.63, 3.8) is 0 Å². The number of rotatable bonds is 4. The Morgan fingerprint density at radius 3 is 2.72 bits per heavy atom. The van der Waals surface area contributed by atoms with Gasteiger partial charge >= 0.3 is 6.18 Å². The average molecular weight is 294 g/mol. The molecule has 0 aromatic carbocycles. The monoisotopic (exact) mass is 294 g/mol. The minimum absolute atomic E-state index is 0.387. The van der Waals surface area contributed by atoms with Crippen LogP contribution < -0.4 is 5.32 Å². The molecule has 2 aromatic rings. The Morgan fingerprint density at radius 2 is 2.22 bits per heavy atom. The van der Waals surface area contributed by atoms with E-state index in [1.807, 2.05) is 6.92 Å². The van der Waals surface area contributed by atoms with Gasteiger partial charge in [-0.25, -0.2) is 4.98 Å². The highest BCUT2D eigenvalue weighted by Gasteiger charge is 2.35. The smallest absolute Gasteiger partial charge is 0.304 e. The van der Waals surface area contributed by atoms with E-state index in [1.165, 1.54) is 6.20 Å². The Hall–Kier alpha value is -1.06. The highest BCUT2D eigenvalue weighted by Crippen LogP contribution is 2.35. The molecule has 4 nitrogen and oxygen atoms in total. The van der Waals surface area contributed by atoms with Crippen molar-refractivity contribution >= 4 is 22.9 Å². The molecule has 1 N–H and O–H groups in total. The Labute approximate surface area is 109 Å². The van der Waals surface area contributed by atoms with Gasteiger partial charge in [0.05, 0.1) is 11.7 Å². The van der Waals surface area contributed by atoms with Crippen LogP contribution in [0.3, 0.4) is 0 Å². The van der Waals surface area contributed by atoms with Crippen LogP contribution in [0.1, 0.15) is 28.5 Å². The highest BCUT2D eigenvalue weighted by atomic mass is 32.1. The number of nitrogens with one attached hydrogen (secondary N) is 1. The maximum atomic E-state index is 12.5. The van der Waals surface area contributed by atoms with Crippen LogP contribution in [-0.2, 0) is 6.18 Å². The van der Waals surface area contributed by atoms with Crippen molar-refractivity contribution in [1.82, 2.24) is 19.9 Å². The molecule has 0 aliphatic heterocycles. The van der Waals surface area contributed by atoms with Gasteiger partial charge in [0.1, 0.15) is 0 Å². The summed E-state index contributed by atoms with van der Waals surface area (Å²) in [7, 11) is 0. The number of hydrogen-bond acceptors (Lipinski definition) is 6. The molecule has 2 heterocycles. The molecule has 9 heteroatoms. The number of thiazole rings is 1. The lowest BCUT2D eigenvalue weighted by Crippen LogP contribution is -2.21. The summed E-state index contributed by atoms with van der Waals surface area (Å²) in [6, 6.07) is -0.387. The minimum atomic E-state index is -4.40. The van der Waals surface area contributed by atoms with Gasteiger partial charge in [0, 0.05) is 16.5 Å². The van der Waals surface area contributed by atoms with E-state index in [0.29, 0.717) is 28.5 Å². The van der Waals surface area contributed by atoms with E-state index in [-0.39, 0.29) is 6.04 Å². The second-order valence-electron chi connectivity index (χ2n) is 3.39. The average Bonchev–Trinajstić information content (AvgIpc) is 2.96. The number of aromatic nitrogens is 3. The first-order valence-corrected chi connectivity index (χ1v) is 6.71. The predicted molar refractivity (Wildman–Crippen MR) is 62.5 cm³/mol. The fourth-order valence-electron chi connectivity index (χ4n) is 1.40. The molecule has 0 aliphatic carbocycles. The zero-order chi connectivity index (χ0) is 13.2. The molecule has 18 heavy (non-hydrogen) atoms. The molecule has 0 saturated carbocycles. The van der Waals surface area contributed by atoms with Crippen LogP contribution in [0.15, 0.2) is 11.6 Å². The van der Waals surface area contributed by atoms with Gasteiger partial charge in [0.2, 0.25) is 0 Å². The van der Waals surface area contributed by atoms with Crippen LogP contribution in [0.5, 0.6) is 0 Å². The van der Waals surface area contributed by atoms with E-state index in [9.17, 15) is 13.2 Å². The molecule has 0 amide bonds. The number of hydrogen-bond donors (Lipinski definition) is 1. The lowest BCUT2D eigenvalue weighted by Gasteiger charge is -2.12.